The summed E-state index contributed by atoms with van der Waals surface area (Å²) in [5.74, 6) is -1.95. The molecule has 0 spiro atoms. The summed E-state index contributed by atoms with van der Waals surface area (Å²) in [6, 6.07) is 9.66. The lowest BCUT2D eigenvalue weighted by molar-refractivity contribution is -0.141. The molecule has 0 aliphatic carbocycles. The van der Waals surface area contributed by atoms with Crippen LogP contribution in [-0.2, 0) is 26.2 Å². The third kappa shape index (κ3) is 5.63. The molecule has 0 radical (unpaired) electrons. The minimum Gasteiger partial charge on any atom is -0.350 e. The second kappa shape index (κ2) is 10.2. The summed E-state index contributed by atoms with van der Waals surface area (Å²) >= 11 is 12.7. The molecule has 1 N–H and O–H groups in total. The Morgan fingerprint density at radius 1 is 1.06 bits per heavy atom. The van der Waals surface area contributed by atoms with Gasteiger partial charge in [-0.15, -0.1) is 0 Å². The van der Waals surface area contributed by atoms with Crippen LogP contribution in [0.4, 0.5) is 0 Å². The van der Waals surface area contributed by atoms with Gasteiger partial charge in [0.1, 0.15) is 17.5 Å². The minimum atomic E-state index is -4.21. The number of amides is 3. The molecule has 188 valence electrons. The number of fused-ring (bicyclic) bond motifs is 1. The minimum absolute atomic E-state index is 0.00137. The summed E-state index contributed by atoms with van der Waals surface area (Å²) in [7, 11) is -4.21. The summed E-state index contributed by atoms with van der Waals surface area (Å²) < 4.78 is 26.5. The van der Waals surface area contributed by atoms with Gasteiger partial charge in [-0.25, -0.2) is 12.7 Å². The summed E-state index contributed by atoms with van der Waals surface area (Å²) in [5.41, 5.74) is -0.166. The molecule has 35 heavy (non-hydrogen) atoms. The molecular formula is C24H27Cl2N3O5S. The molecular weight excluding hydrogens is 513 g/mol. The van der Waals surface area contributed by atoms with Crippen LogP contribution < -0.4 is 5.32 Å². The number of benzene rings is 2. The molecule has 3 amide bonds. The summed E-state index contributed by atoms with van der Waals surface area (Å²) in [5, 5.41) is 3.44. The van der Waals surface area contributed by atoms with E-state index in [1.165, 1.54) is 23.1 Å². The van der Waals surface area contributed by atoms with E-state index in [1.807, 2.05) is 0 Å². The summed E-state index contributed by atoms with van der Waals surface area (Å²) in [4.78, 5) is 40.6. The predicted octanol–water partition coefficient (Wildman–Crippen LogP) is 3.86. The zero-order chi connectivity index (χ0) is 26.1. The fraction of sp³-hybridized carbons (Fsp3) is 0.375. The first-order chi connectivity index (χ1) is 16.3. The zero-order valence-corrected chi connectivity index (χ0v) is 22.2. The van der Waals surface area contributed by atoms with E-state index >= 15 is 0 Å². The van der Waals surface area contributed by atoms with Crippen molar-refractivity contribution >= 4 is 50.9 Å². The monoisotopic (exact) mass is 539 g/mol. The Kier molecular flexibility index (Phi) is 7.83. The van der Waals surface area contributed by atoms with E-state index in [9.17, 15) is 22.8 Å². The first-order valence-corrected chi connectivity index (χ1v) is 13.2. The molecule has 0 bridgehead atoms. The van der Waals surface area contributed by atoms with Gasteiger partial charge in [-0.1, -0.05) is 48.3 Å². The van der Waals surface area contributed by atoms with Crippen molar-refractivity contribution in [2.75, 3.05) is 6.54 Å². The molecule has 2 aromatic carbocycles. The van der Waals surface area contributed by atoms with Gasteiger partial charge in [0.2, 0.25) is 11.8 Å². The number of rotatable bonds is 7. The standard InChI is InChI=1S/C24H27Cl2N3O5S/c1-5-19(22(31)27-24(2,3)4)28(13-16-17(25)10-8-11-18(16)26)21(30)14-29-23(32)15-9-6-7-12-20(15)35(29,33)34/h6-12,19H,5,13-14H2,1-4H3,(H,27,31)/t19-/m0/s1. The third-order valence-electron chi connectivity index (χ3n) is 5.47. The number of hydrogen-bond donors (Lipinski definition) is 1. The second-order valence-electron chi connectivity index (χ2n) is 9.20. The van der Waals surface area contributed by atoms with Crippen molar-refractivity contribution in [3.63, 3.8) is 0 Å². The van der Waals surface area contributed by atoms with Crippen LogP contribution in [0.25, 0.3) is 0 Å². The zero-order valence-electron chi connectivity index (χ0n) is 19.8. The molecule has 8 nitrogen and oxygen atoms in total. The molecule has 1 heterocycles. The van der Waals surface area contributed by atoms with Crippen LogP contribution in [-0.4, -0.2) is 53.5 Å². The predicted molar refractivity (Wildman–Crippen MR) is 134 cm³/mol. The lowest BCUT2D eigenvalue weighted by Gasteiger charge is -2.34. The van der Waals surface area contributed by atoms with Gasteiger partial charge >= 0.3 is 0 Å². The molecule has 1 aliphatic heterocycles. The SMILES string of the molecule is CC[C@@H](C(=O)NC(C)(C)C)N(Cc1c(Cl)cccc1Cl)C(=O)CN1C(=O)c2ccccc2S1(=O)=O. The van der Waals surface area contributed by atoms with Crippen LogP contribution in [0.3, 0.4) is 0 Å². The van der Waals surface area contributed by atoms with Gasteiger partial charge in [0.15, 0.2) is 0 Å². The van der Waals surface area contributed by atoms with Gasteiger partial charge in [-0.3, -0.25) is 14.4 Å². The van der Waals surface area contributed by atoms with Gasteiger partial charge in [0.05, 0.1) is 5.56 Å². The molecule has 0 saturated heterocycles. The van der Waals surface area contributed by atoms with Crippen LogP contribution in [0, 0.1) is 0 Å². The van der Waals surface area contributed by atoms with Crippen molar-refractivity contribution in [1.82, 2.24) is 14.5 Å². The van der Waals surface area contributed by atoms with E-state index in [4.69, 9.17) is 23.2 Å². The number of nitrogens with zero attached hydrogens (tertiary/aromatic N) is 2. The maximum Gasteiger partial charge on any atom is 0.269 e. The number of halogens is 2. The van der Waals surface area contributed by atoms with E-state index in [0.29, 0.717) is 19.9 Å². The molecule has 1 atom stereocenters. The highest BCUT2D eigenvalue weighted by atomic mass is 35.5. The van der Waals surface area contributed by atoms with E-state index < -0.39 is 45.9 Å². The lowest BCUT2D eigenvalue weighted by Crippen LogP contribution is -2.55. The normalized spacial score (nSPS) is 15.5. The van der Waals surface area contributed by atoms with Crippen molar-refractivity contribution in [2.45, 2.75) is 57.1 Å². The maximum absolute atomic E-state index is 13.6. The van der Waals surface area contributed by atoms with E-state index in [1.54, 1.807) is 52.0 Å². The van der Waals surface area contributed by atoms with Crippen LogP contribution >= 0.6 is 23.2 Å². The van der Waals surface area contributed by atoms with Crippen LogP contribution in [0.15, 0.2) is 47.4 Å². The number of sulfonamides is 1. The molecule has 0 unspecified atom stereocenters. The molecule has 0 aromatic heterocycles. The first-order valence-electron chi connectivity index (χ1n) is 11.0. The van der Waals surface area contributed by atoms with Gasteiger partial charge in [-0.05, 0) is 51.5 Å². The Labute approximate surface area is 215 Å². The Morgan fingerprint density at radius 3 is 2.20 bits per heavy atom. The van der Waals surface area contributed by atoms with E-state index in [0.717, 1.165) is 0 Å². The van der Waals surface area contributed by atoms with Crippen molar-refractivity contribution in [2.24, 2.45) is 0 Å². The third-order valence-corrected chi connectivity index (χ3v) is 7.96. The Bertz CT molecular complexity index is 1250. The van der Waals surface area contributed by atoms with E-state index in [2.05, 4.69) is 5.32 Å². The highest BCUT2D eigenvalue weighted by Crippen LogP contribution is 2.31. The van der Waals surface area contributed by atoms with Crippen LogP contribution in [0.5, 0.6) is 0 Å². The average molecular weight is 540 g/mol. The highest BCUT2D eigenvalue weighted by molar-refractivity contribution is 7.90. The molecule has 0 fully saturated rings. The lowest BCUT2D eigenvalue weighted by atomic mass is 10.1. The van der Waals surface area contributed by atoms with Gasteiger partial charge in [-0.2, -0.15) is 0 Å². The number of nitrogens with one attached hydrogen (secondary N) is 1. The van der Waals surface area contributed by atoms with Gasteiger partial charge in [0.25, 0.3) is 15.9 Å². The topological polar surface area (TPSA) is 104 Å². The number of carbonyl (C=O) groups excluding carboxylic acids is 3. The van der Waals surface area contributed by atoms with Crippen molar-refractivity contribution in [3.8, 4) is 0 Å². The highest BCUT2D eigenvalue weighted by Gasteiger charge is 2.43. The van der Waals surface area contributed by atoms with Crippen LogP contribution in [0.1, 0.15) is 50.0 Å². The Balaban J connectivity index is 1.99. The first kappa shape index (κ1) is 27.0. The molecule has 2 aromatic rings. The number of carbonyl (C=O) groups is 3. The average Bonchev–Trinajstić information content (AvgIpc) is 2.95. The smallest absolute Gasteiger partial charge is 0.269 e. The quantitative estimate of drug-likeness (QED) is 0.575. The van der Waals surface area contributed by atoms with Crippen molar-refractivity contribution in [1.29, 1.82) is 0 Å². The Hall–Kier alpha value is -2.62. The molecule has 0 saturated carbocycles. The molecule has 11 heteroatoms. The fourth-order valence-electron chi connectivity index (χ4n) is 3.83. The van der Waals surface area contributed by atoms with Gasteiger partial charge < -0.3 is 10.2 Å². The Morgan fingerprint density at radius 2 is 1.66 bits per heavy atom. The fourth-order valence-corrected chi connectivity index (χ4v) is 5.86. The molecule has 3 rings (SSSR count). The largest absolute Gasteiger partial charge is 0.350 e. The maximum atomic E-state index is 13.6. The molecule has 1 aliphatic rings. The summed E-state index contributed by atoms with van der Waals surface area (Å²) in [6.45, 7) is 6.23. The van der Waals surface area contributed by atoms with Crippen molar-refractivity contribution in [3.05, 3.63) is 63.6 Å². The van der Waals surface area contributed by atoms with Gasteiger partial charge in [0, 0.05) is 27.7 Å². The van der Waals surface area contributed by atoms with E-state index in [-0.39, 0.29) is 23.4 Å². The van der Waals surface area contributed by atoms with Crippen LogP contribution in [0.2, 0.25) is 10.0 Å². The number of hydrogen-bond acceptors (Lipinski definition) is 5. The summed E-state index contributed by atoms with van der Waals surface area (Å²) in [6.07, 6.45) is 0.233. The van der Waals surface area contributed by atoms with Crippen molar-refractivity contribution < 1.29 is 22.8 Å². The second-order valence-corrected chi connectivity index (χ2v) is 11.8.